The first-order chi connectivity index (χ1) is 8.18. The molecule has 92 valence electrons. The number of carbonyl (C=O) groups is 1. The van der Waals surface area contributed by atoms with E-state index in [0.717, 1.165) is 24.3 Å². The lowest BCUT2D eigenvalue weighted by Crippen LogP contribution is -2.37. The highest BCUT2D eigenvalue weighted by Crippen LogP contribution is 2.21. The first-order valence-corrected chi connectivity index (χ1v) is 7.01. The third-order valence-corrected chi connectivity index (χ3v) is 4.16. The molecule has 1 amide bonds. The molecule has 3 nitrogen and oxygen atoms in total. The van der Waals surface area contributed by atoms with Crippen LogP contribution in [0.5, 0.6) is 5.75 Å². The summed E-state index contributed by atoms with van der Waals surface area (Å²) in [7, 11) is 0. The van der Waals surface area contributed by atoms with Gasteiger partial charge in [-0.15, -0.1) is 0 Å². The summed E-state index contributed by atoms with van der Waals surface area (Å²) >= 11 is 1.94. The molecule has 0 aliphatic carbocycles. The molecule has 1 heterocycles. The molecule has 1 aliphatic rings. The molecule has 1 saturated heterocycles. The van der Waals surface area contributed by atoms with Gasteiger partial charge in [0.2, 0.25) is 0 Å². The van der Waals surface area contributed by atoms with Crippen LogP contribution < -0.4 is 5.32 Å². The third-order valence-electron chi connectivity index (χ3n) is 3.11. The van der Waals surface area contributed by atoms with Crippen molar-refractivity contribution in [2.45, 2.75) is 25.8 Å². The highest BCUT2D eigenvalue weighted by molar-refractivity contribution is 7.99. The van der Waals surface area contributed by atoms with Crippen molar-refractivity contribution in [2.75, 3.05) is 11.5 Å². The Morgan fingerprint density at radius 1 is 1.41 bits per heavy atom. The van der Waals surface area contributed by atoms with E-state index in [-0.39, 0.29) is 17.7 Å². The van der Waals surface area contributed by atoms with Crippen LogP contribution in [0.1, 0.15) is 28.8 Å². The van der Waals surface area contributed by atoms with E-state index in [0.29, 0.717) is 11.1 Å². The van der Waals surface area contributed by atoms with Crippen LogP contribution in [0.4, 0.5) is 0 Å². The zero-order chi connectivity index (χ0) is 12.3. The molecular weight excluding hydrogens is 234 g/mol. The second-order valence-corrected chi connectivity index (χ2v) is 5.53. The summed E-state index contributed by atoms with van der Waals surface area (Å²) in [5.74, 6) is 2.33. The first kappa shape index (κ1) is 12.3. The van der Waals surface area contributed by atoms with Gasteiger partial charge in [-0.05, 0) is 43.4 Å². The van der Waals surface area contributed by atoms with Crippen LogP contribution in [0.3, 0.4) is 0 Å². The van der Waals surface area contributed by atoms with Gasteiger partial charge in [0.05, 0.1) is 0 Å². The monoisotopic (exact) mass is 251 g/mol. The number of carbonyl (C=O) groups excluding carboxylic acids is 1. The van der Waals surface area contributed by atoms with Crippen LogP contribution in [0.25, 0.3) is 0 Å². The zero-order valence-electron chi connectivity index (χ0n) is 9.90. The Hall–Kier alpha value is -1.16. The number of phenols is 1. The van der Waals surface area contributed by atoms with Gasteiger partial charge in [-0.2, -0.15) is 11.8 Å². The van der Waals surface area contributed by atoms with Crippen molar-refractivity contribution in [2.24, 2.45) is 0 Å². The van der Waals surface area contributed by atoms with Crippen molar-refractivity contribution in [1.29, 1.82) is 0 Å². The van der Waals surface area contributed by atoms with Crippen molar-refractivity contribution >= 4 is 17.7 Å². The van der Waals surface area contributed by atoms with Gasteiger partial charge in [0.25, 0.3) is 5.91 Å². The Bertz CT molecular complexity index is 414. The van der Waals surface area contributed by atoms with E-state index in [1.165, 1.54) is 0 Å². The lowest BCUT2D eigenvalue weighted by Gasteiger charge is -2.22. The number of rotatable bonds is 2. The first-order valence-electron chi connectivity index (χ1n) is 5.85. The largest absolute Gasteiger partial charge is 0.508 e. The molecule has 0 aromatic heterocycles. The minimum Gasteiger partial charge on any atom is -0.508 e. The zero-order valence-corrected chi connectivity index (χ0v) is 10.7. The van der Waals surface area contributed by atoms with Crippen LogP contribution >= 0.6 is 11.8 Å². The molecule has 0 atom stereocenters. The number of hydrogen-bond acceptors (Lipinski definition) is 3. The molecule has 17 heavy (non-hydrogen) atoms. The van der Waals surface area contributed by atoms with Crippen molar-refractivity contribution in [3.05, 3.63) is 29.3 Å². The fourth-order valence-electron chi connectivity index (χ4n) is 1.97. The quantitative estimate of drug-likeness (QED) is 0.848. The van der Waals surface area contributed by atoms with Crippen molar-refractivity contribution in [3.8, 4) is 5.75 Å². The molecular formula is C13H17NO2S. The van der Waals surface area contributed by atoms with Gasteiger partial charge in [-0.1, -0.05) is 6.07 Å². The van der Waals surface area contributed by atoms with Crippen LogP contribution in [0.15, 0.2) is 18.2 Å². The maximum absolute atomic E-state index is 12.1. The third kappa shape index (κ3) is 2.94. The maximum atomic E-state index is 12.1. The van der Waals surface area contributed by atoms with E-state index in [4.69, 9.17) is 0 Å². The molecule has 0 saturated carbocycles. The van der Waals surface area contributed by atoms with Crippen molar-refractivity contribution in [3.63, 3.8) is 0 Å². The molecule has 1 fully saturated rings. The Labute approximate surface area is 106 Å². The molecule has 0 unspecified atom stereocenters. The molecule has 0 radical (unpaired) electrons. The second-order valence-electron chi connectivity index (χ2n) is 4.31. The van der Waals surface area contributed by atoms with E-state index in [9.17, 15) is 9.90 Å². The SMILES string of the molecule is Cc1c(O)cccc1C(=O)NC1CCSCC1. The number of benzene rings is 1. The Kier molecular flexibility index (Phi) is 3.94. The Morgan fingerprint density at radius 2 is 2.12 bits per heavy atom. The number of nitrogens with one attached hydrogen (secondary N) is 1. The van der Waals surface area contributed by atoms with Crippen molar-refractivity contribution < 1.29 is 9.90 Å². The van der Waals surface area contributed by atoms with Gasteiger partial charge >= 0.3 is 0 Å². The van der Waals surface area contributed by atoms with Gasteiger partial charge in [0.15, 0.2) is 0 Å². The topological polar surface area (TPSA) is 49.3 Å². The van der Waals surface area contributed by atoms with Gasteiger partial charge in [-0.25, -0.2) is 0 Å². The summed E-state index contributed by atoms with van der Waals surface area (Å²) in [6.45, 7) is 1.76. The standard InChI is InChI=1S/C13H17NO2S/c1-9-11(3-2-4-12(9)15)13(16)14-10-5-7-17-8-6-10/h2-4,10,15H,5-8H2,1H3,(H,14,16). The predicted molar refractivity (Wildman–Crippen MR) is 70.7 cm³/mol. The molecule has 4 heteroatoms. The van der Waals surface area contributed by atoms with E-state index in [1.54, 1.807) is 25.1 Å². The van der Waals surface area contributed by atoms with Gasteiger partial charge in [0, 0.05) is 17.2 Å². The fourth-order valence-corrected chi connectivity index (χ4v) is 3.08. The van der Waals surface area contributed by atoms with Crippen LogP contribution in [-0.2, 0) is 0 Å². The van der Waals surface area contributed by atoms with Crippen molar-refractivity contribution in [1.82, 2.24) is 5.32 Å². The predicted octanol–water partition coefficient (Wildman–Crippen LogP) is 2.33. The van der Waals surface area contributed by atoms with Crippen LogP contribution in [-0.4, -0.2) is 28.6 Å². The smallest absolute Gasteiger partial charge is 0.251 e. The fraction of sp³-hybridized carbons (Fsp3) is 0.462. The van der Waals surface area contributed by atoms with Gasteiger partial charge in [0.1, 0.15) is 5.75 Å². The molecule has 1 aliphatic heterocycles. The normalized spacial score (nSPS) is 16.8. The molecule has 1 aromatic rings. The lowest BCUT2D eigenvalue weighted by molar-refractivity contribution is 0.0934. The average Bonchev–Trinajstić information content (AvgIpc) is 2.34. The van der Waals surface area contributed by atoms with E-state index in [2.05, 4.69) is 5.32 Å². The Balaban J connectivity index is 2.06. The van der Waals surface area contributed by atoms with E-state index in [1.807, 2.05) is 11.8 Å². The summed E-state index contributed by atoms with van der Waals surface area (Å²) in [6.07, 6.45) is 2.07. The molecule has 0 bridgehead atoms. The number of aromatic hydroxyl groups is 1. The minimum absolute atomic E-state index is 0.0738. The van der Waals surface area contributed by atoms with E-state index >= 15 is 0 Å². The highest BCUT2D eigenvalue weighted by Gasteiger charge is 2.18. The van der Waals surface area contributed by atoms with Crippen LogP contribution in [0, 0.1) is 6.92 Å². The number of phenolic OH excluding ortho intramolecular Hbond substituents is 1. The molecule has 0 spiro atoms. The summed E-state index contributed by atoms with van der Waals surface area (Å²) in [5.41, 5.74) is 1.22. The van der Waals surface area contributed by atoms with Crippen LogP contribution in [0.2, 0.25) is 0 Å². The second kappa shape index (κ2) is 5.45. The molecule has 2 rings (SSSR count). The molecule has 2 N–H and O–H groups in total. The van der Waals surface area contributed by atoms with E-state index < -0.39 is 0 Å². The Morgan fingerprint density at radius 3 is 2.82 bits per heavy atom. The number of hydrogen-bond donors (Lipinski definition) is 2. The van der Waals surface area contributed by atoms with Gasteiger partial charge in [-0.3, -0.25) is 4.79 Å². The summed E-state index contributed by atoms with van der Waals surface area (Å²) < 4.78 is 0. The molecule has 1 aromatic carbocycles. The lowest BCUT2D eigenvalue weighted by atomic mass is 10.1. The number of thioether (sulfide) groups is 1. The summed E-state index contributed by atoms with van der Waals surface area (Å²) in [4.78, 5) is 12.1. The average molecular weight is 251 g/mol. The van der Waals surface area contributed by atoms with Gasteiger partial charge < -0.3 is 10.4 Å². The summed E-state index contributed by atoms with van der Waals surface area (Å²) in [6, 6.07) is 5.34. The number of amides is 1. The summed E-state index contributed by atoms with van der Waals surface area (Å²) in [5, 5.41) is 12.6. The highest BCUT2D eigenvalue weighted by atomic mass is 32.2. The maximum Gasteiger partial charge on any atom is 0.251 e. The minimum atomic E-state index is -0.0738.